The Balaban J connectivity index is 2.00. The van der Waals surface area contributed by atoms with E-state index in [1.165, 1.54) is 13.0 Å². The van der Waals surface area contributed by atoms with E-state index in [9.17, 15) is 14.4 Å². The van der Waals surface area contributed by atoms with Crippen molar-refractivity contribution >= 4 is 17.9 Å². The van der Waals surface area contributed by atoms with Crippen molar-refractivity contribution in [2.45, 2.75) is 45.8 Å². The molecule has 0 unspecified atom stereocenters. The lowest BCUT2D eigenvalue weighted by Crippen LogP contribution is -2.16. The largest absolute Gasteiger partial charge is 0.458 e. The van der Waals surface area contributed by atoms with Crippen molar-refractivity contribution in [3.05, 3.63) is 34.9 Å². The molecule has 0 aromatic carbocycles. The van der Waals surface area contributed by atoms with E-state index in [1.54, 1.807) is 13.0 Å². The van der Waals surface area contributed by atoms with Gasteiger partial charge < -0.3 is 14.2 Å². The molecule has 2 aliphatic heterocycles. The number of hydrogen-bond donors (Lipinski definition) is 0. The van der Waals surface area contributed by atoms with E-state index in [2.05, 4.69) is 0 Å². The minimum absolute atomic E-state index is 0.228. The number of rotatable bonds is 6. The number of hydrogen-bond acceptors (Lipinski definition) is 6. The van der Waals surface area contributed by atoms with Crippen LogP contribution in [0.25, 0.3) is 0 Å². The lowest BCUT2D eigenvalue weighted by molar-refractivity contribution is -0.144. The maximum atomic E-state index is 11.4. The van der Waals surface area contributed by atoms with Gasteiger partial charge in [0.2, 0.25) is 0 Å². The monoisotopic (exact) mass is 320 g/mol. The molecule has 0 aliphatic carbocycles. The third kappa shape index (κ3) is 5.09. The minimum atomic E-state index is -0.476. The molecular formula is C17H20O6. The van der Waals surface area contributed by atoms with E-state index in [1.807, 2.05) is 13.0 Å². The van der Waals surface area contributed by atoms with Gasteiger partial charge in [0.1, 0.15) is 18.8 Å². The van der Waals surface area contributed by atoms with E-state index in [4.69, 9.17) is 14.2 Å². The summed E-state index contributed by atoms with van der Waals surface area (Å²) in [6.07, 6.45) is 5.21. The summed E-state index contributed by atoms with van der Waals surface area (Å²) in [5.74, 6) is -1.07. The fourth-order valence-corrected chi connectivity index (χ4v) is 2.55. The van der Waals surface area contributed by atoms with Crippen molar-refractivity contribution in [3.8, 4) is 0 Å². The maximum absolute atomic E-state index is 11.4. The molecule has 0 saturated heterocycles. The van der Waals surface area contributed by atoms with E-state index < -0.39 is 12.1 Å². The Labute approximate surface area is 134 Å². The third-order valence-corrected chi connectivity index (χ3v) is 3.51. The molecule has 2 atom stereocenters. The van der Waals surface area contributed by atoms with Gasteiger partial charge >= 0.3 is 17.9 Å². The number of ether oxygens (including phenoxy) is 3. The average molecular weight is 320 g/mol. The molecule has 0 amide bonds. The Kier molecular flexibility index (Phi) is 5.36. The first-order valence-electron chi connectivity index (χ1n) is 7.43. The van der Waals surface area contributed by atoms with E-state index >= 15 is 0 Å². The van der Waals surface area contributed by atoms with E-state index in [-0.39, 0.29) is 24.6 Å². The SMILES string of the molecule is CC(=O)O[C@@H](/C=C(\C)C[C@@H]1C=C(C)C(=O)O1)CC1=CC(=O)OC1. The van der Waals surface area contributed by atoms with Crippen LogP contribution in [0, 0.1) is 0 Å². The zero-order chi connectivity index (χ0) is 17.0. The molecule has 0 N–H and O–H groups in total. The highest BCUT2D eigenvalue weighted by molar-refractivity contribution is 5.90. The van der Waals surface area contributed by atoms with Gasteiger partial charge in [-0.2, -0.15) is 0 Å². The van der Waals surface area contributed by atoms with Gasteiger partial charge in [-0.3, -0.25) is 4.79 Å². The molecule has 6 nitrogen and oxygen atoms in total. The van der Waals surface area contributed by atoms with Crippen molar-refractivity contribution < 1.29 is 28.6 Å². The average Bonchev–Trinajstić information content (AvgIpc) is 2.95. The summed E-state index contributed by atoms with van der Waals surface area (Å²) in [7, 11) is 0. The van der Waals surface area contributed by atoms with Gasteiger partial charge in [-0.05, 0) is 31.6 Å². The Morgan fingerprint density at radius 2 is 2.17 bits per heavy atom. The molecule has 2 rings (SSSR count). The molecular weight excluding hydrogens is 300 g/mol. The van der Waals surface area contributed by atoms with Crippen LogP contribution in [0.4, 0.5) is 0 Å². The zero-order valence-electron chi connectivity index (χ0n) is 13.5. The van der Waals surface area contributed by atoms with Gasteiger partial charge in [0.05, 0.1) is 0 Å². The van der Waals surface area contributed by atoms with Gasteiger partial charge in [0.15, 0.2) is 0 Å². The van der Waals surface area contributed by atoms with Crippen LogP contribution in [0.2, 0.25) is 0 Å². The molecule has 6 heteroatoms. The summed E-state index contributed by atoms with van der Waals surface area (Å²) in [5, 5.41) is 0. The molecule has 0 bridgehead atoms. The van der Waals surface area contributed by atoms with Crippen LogP contribution in [0.15, 0.2) is 34.9 Å². The predicted molar refractivity (Wildman–Crippen MR) is 81.2 cm³/mol. The molecule has 124 valence electrons. The van der Waals surface area contributed by atoms with Crippen LogP contribution in [0.1, 0.15) is 33.6 Å². The number of esters is 3. The first kappa shape index (κ1) is 17.0. The summed E-state index contributed by atoms with van der Waals surface area (Å²) < 4.78 is 15.3. The van der Waals surface area contributed by atoms with Gasteiger partial charge in [0, 0.05) is 31.4 Å². The van der Waals surface area contributed by atoms with Gasteiger partial charge in [-0.1, -0.05) is 5.57 Å². The van der Waals surface area contributed by atoms with Crippen LogP contribution >= 0.6 is 0 Å². The number of carbonyl (C=O) groups excluding carboxylic acids is 3. The summed E-state index contributed by atoms with van der Waals surface area (Å²) in [6.45, 7) is 5.17. The molecule has 0 radical (unpaired) electrons. The highest BCUT2D eigenvalue weighted by atomic mass is 16.6. The number of cyclic esters (lactones) is 2. The first-order chi connectivity index (χ1) is 10.8. The molecule has 2 aliphatic rings. The second kappa shape index (κ2) is 7.26. The number of carbonyl (C=O) groups is 3. The predicted octanol–water partition coefficient (Wildman–Crippen LogP) is 2.00. The van der Waals surface area contributed by atoms with Crippen LogP contribution < -0.4 is 0 Å². The van der Waals surface area contributed by atoms with E-state index in [0.29, 0.717) is 18.4 Å². The third-order valence-electron chi connectivity index (χ3n) is 3.51. The molecule has 23 heavy (non-hydrogen) atoms. The van der Waals surface area contributed by atoms with Crippen LogP contribution in [0.3, 0.4) is 0 Å². The molecule has 0 aromatic heterocycles. The molecule has 0 spiro atoms. The smallest absolute Gasteiger partial charge is 0.334 e. The second-order valence-electron chi connectivity index (χ2n) is 5.77. The van der Waals surface area contributed by atoms with Crippen molar-refractivity contribution in [2.24, 2.45) is 0 Å². The van der Waals surface area contributed by atoms with E-state index in [0.717, 1.165) is 11.1 Å². The maximum Gasteiger partial charge on any atom is 0.334 e. The van der Waals surface area contributed by atoms with Crippen LogP contribution in [-0.4, -0.2) is 36.7 Å². The Morgan fingerprint density at radius 3 is 2.70 bits per heavy atom. The quantitative estimate of drug-likeness (QED) is 0.423. The van der Waals surface area contributed by atoms with Crippen molar-refractivity contribution in [2.75, 3.05) is 6.61 Å². The molecule has 0 aromatic rings. The fourth-order valence-electron chi connectivity index (χ4n) is 2.55. The lowest BCUT2D eigenvalue weighted by atomic mass is 10.0. The van der Waals surface area contributed by atoms with Crippen molar-refractivity contribution in [1.29, 1.82) is 0 Å². The lowest BCUT2D eigenvalue weighted by Gasteiger charge is -2.16. The highest BCUT2D eigenvalue weighted by Crippen LogP contribution is 2.22. The molecule has 0 saturated carbocycles. The summed E-state index contributed by atoms with van der Waals surface area (Å²) in [4.78, 5) is 33.7. The summed E-state index contributed by atoms with van der Waals surface area (Å²) in [5.41, 5.74) is 2.32. The highest BCUT2D eigenvalue weighted by Gasteiger charge is 2.23. The zero-order valence-corrected chi connectivity index (χ0v) is 13.5. The van der Waals surface area contributed by atoms with Crippen LogP contribution in [-0.2, 0) is 28.6 Å². The van der Waals surface area contributed by atoms with Crippen LogP contribution in [0.5, 0.6) is 0 Å². The Morgan fingerprint density at radius 1 is 1.43 bits per heavy atom. The molecule has 2 heterocycles. The summed E-state index contributed by atoms with van der Waals surface area (Å²) >= 11 is 0. The first-order valence-corrected chi connectivity index (χ1v) is 7.43. The van der Waals surface area contributed by atoms with Gasteiger partial charge in [-0.15, -0.1) is 0 Å². The fraction of sp³-hybridized carbons (Fsp3) is 0.471. The van der Waals surface area contributed by atoms with Gasteiger partial charge in [-0.25, -0.2) is 9.59 Å². The van der Waals surface area contributed by atoms with Crippen molar-refractivity contribution in [1.82, 2.24) is 0 Å². The normalized spacial score (nSPS) is 22.2. The second-order valence-corrected chi connectivity index (χ2v) is 5.77. The van der Waals surface area contributed by atoms with Crippen molar-refractivity contribution in [3.63, 3.8) is 0 Å². The topological polar surface area (TPSA) is 78.9 Å². The standard InChI is InChI=1S/C17H20O6/c1-10(4-14-6-11(2)17(20)23-14)5-15(22-12(3)18)7-13-8-16(19)21-9-13/h5-6,8,14-15H,4,7,9H2,1-3H3/b10-5+/t14-,15+/m1/s1. The molecule has 0 fully saturated rings. The Hall–Kier alpha value is -2.37. The Bertz CT molecular complexity index is 611. The summed E-state index contributed by atoms with van der Waals surface area (Å²) in [6, 6.07) is 0. The van der Waals surface area contributed by atoms with Gasteiger partial charge in [0.25, 0.3) is 0 Å². The minimum Gasteiger partial charge on any atom is -0.458 e.